The molecule has 0 N–H and O–H groups in total. The summed E-state index contributed by atoms with van der Waals surface area (Å²) < 4.78 is 0. The van der Waals surface area contributed by atoms with E-state index in [-0.39, 0.29) is 5.92 Å². The first-order chi connectivity index (χ1) is 13.4. The molecule has 4 nitrogen and oxygen atoms in total. The standard InChI is InChI=1S/C22H24Cl2N4/c1-27(2)13-14-28(3)20-15-25-21(16-5-4-6-18(23)10-7-16)22(26-20)17-8-11-19(24)12-9-17/h4-12,15-16H,13-14H2,1-3H3. The van der Waals surface area contributed by atoms with Gasteiger partial charge in [0.2, 0.25) is 0 Å². The molecule has 3 rings (SSSR count). The lowest BCUT2D eigenvalue weighted by molar-refractivity contribution is 0.416. The molecular formula is C22H24Cl2N4. The molecule has 1 aliphatic rings. The molecule has 0 saturated heterocycles. The number of allylic oxidation sites excluding steroid dienone is 6. The number of likely N-dealkylation sites (N-methyl/N-ethyl adjacent to an activating group) is 2. The molecule has 0 fully saturated rings. The lowest BCUT2D eigenvalue weighted by Crippen LogP contribution is -2.29. The Balaban J connectivity index is 2.01. The van der Waals surface area contributed by atoms with Crippen molar-refractivity contribution in [3.63, 3.8) is 0 Å². The van der Waals surface area contributed by atoms with E-state index in [4.69, 9.17) is 33.2 Å². The number of hydrogen-bond donors (Lipinski definition) is 0. The molecule has 28 heavy (non-hydrogen) atoms. The van der Waals surface area contributed by atoms with Crippen LogP contribution in [-0.4, -0.2) is 49.1 Å². The van der Waals surface area contributed by atoms with E-state index >= 15 is 0 Å². The average molecular weight is 415 g/mol. The van der Waals surface area contributed by atoms with Gasteiger partial charge in [-0.05, 0) is 38.4 Å². The van der Waals surface area contributed by atoms with Gasteiger partial charge >= 0.3 is 0 Å². The third-order valence-electron chi connectivity index (χ3n) is 4.53. The van der Waals surface area contributed by atoms with Crippen molar-refractivity contribution in [2.24, 2.45) is 0 Å². The molecule has 1 aromatic carbocycles. The summed E-state index contributed by atoms with van der Waals surface area (Å²) in [7, 11) is 6.16. The fourth-order valence-corrected chi connectivity index (χ4v) is 3.14. The highest BCUT2D eigenvalue weighted by atomic mass is 35.5. The predicted molar refractivity (Wildman–Crippen MR) is 119 cm³/mol. The number of hydrogen-bond acceptors (Lipinski definition) is 4. The highest BCUT2D eigenvalue weighted by molar-refractivity contribution is 6.31. The summed E-state index contributed by atoms with van der Waals surface area (Å²) in [6.07, 6.45) is 11.7. The van der Waals surface area contributed by atoms with E-state index in [0.717, 1.165) is 35.9 Å². The quantitative estimate of drug-likeness (QED) is 0.655. The zero-order chi connectivity index (χ0) is 20.1. The normalized spacial score (nSPS) is 16.2. The highest BCUT2D eigenvalue weighted by Gasteiger charge is 2.18. The summed E-state index contributed by atoms with van der Waals surface area (Å²) in [6.45, 7) is 1.80. The first-order valence-corrected chi connectivity index (χ1v) is 9.90. The summed E-state index contributed by atoms with van der Waals surface area (Å²) in [5.41, 5.74) is 2.72. The Kier molecular flexibility index (Phi) is 6.89. The number of aromatic nitrogens is 2. The zero-order valence-corrected chi connectivity index (χ0v) is 17.8. The molecule has 0 aliphatic heterocycles. The molecule has 146 valence electrons. The number of nitrogens with zero attached hydrogens (tertiary/aromatic N) is 4. The molecule has 0 bridgehead atoms. The Bertz CT molecular complexity index is 901. The molecule has 6 heteroatoms. The van der Waals surface area contributed by atoms with E-state index in [1.807, 2.05) is 61.8 Å². The molecular weight excluding hydrogens is 391 g/mol. The van der Waals surface area contributed by atoms with Gasteiger partial charge in [-0.1, -0.05) is 53.6 Å². The number of anilines is 1. The lowest BCUT2D eigenvalue weighted by atomic mass is 9.98. The van der Waals surface area contributed by atoms with Gasteiger partial charge in [0, 0.05) is 41.7 Å². The van der Waals surface area contributed by atoms with Crippen molar-refractivity contribution in [3.05, 3.63) is 76.6 Å². The maximum Gasteiger partial charge on any atom is 0.147 e. The van der Waals surface area contributed by atoms with Crippen LogP contribution in [0.4, 0.5) is 5.82 Å². The van der Waals surface area contributed by atoms with Crippen molar-refractivity contribution in [1.29, 1.82) is 0 Å². The van der Waals surface area contributed by atoms with Crippen molar-refractivity contribution in [2.45, 2.75) is 5.92 Å². The van der Waals surface area contributed by atoms with Gasteiger partial charge in [0.25, 0.3) is 0 Å². The fourth-order valence-electron chi connectivity index (χ4n) is 2.87. The Hall–Kier alpha value is -2.14. The minimum absolute atomic E-state index is 0.00758. The van der Waals surface area contributed by atoms with Crippen LogP contribution >= 0.6 is 23.2 Å². The molecule has 1 aliphatic carbocycles. The molecule has 1 aromatic heterocycles. The molecule has 1 unspecified atom stereocenters. The Labute approximate surface area is 176 Å². The largest absolute Gasteiger partial charge is 0.357 e. The van der Waals surface area contributed by atoms with Gasteiger partial charge in [0.15, 0.2) is 0 Å². The summed E-state index contributed by atoms with van der Waals surface area (Å²) in [5.74, 6) is 0.833. The molecule has 0 spiro atoms. The van der Waals surface area contributed by atoms with E-state index < -0.39 is 0 Å². The average Bonchev–Trinajstić information content (AvgIpc) is 2.90. The fraction of sp³-hybridized carbons (Fsp3) is 0.273. The van der Waals surface area contributed by atoms with Crippen LogP contribution in [0.25, 0.3) is 11.3 Å². The van der Waals surface area contributed by atoms with Gasteiger partial charge < -0.3 is 9.80 Å². The van der Waals surface area contributed by atoms with Gasteiger partial charge in [0.05, 0.1) is 17.6 Å². The zero-order valence-electron chi connectivity index (χ0n) is 16.3. The number of benzene rings is 1. The second-order valence-electron chi connectivity index (χ2n) is 7.02. The van der Waals surface area contributed by atoms with Gasteiger partial charge in [-0.15, -0.1) is 0 Å². The van der Waals surface area contributed by atoms with Crippen LogP contribution in [0, 0.1) is 0 Å². The Morgan fingerprint density at radius 3 is 2.46 bits per heavy atom. The van der Waals surface area contributed by atoms with Crippen molar-refractivity contribution in [1.82, 2.24) is 14.9 Å². The van der Waals surface area contributed by atoms with E-state index in [1.165, 1.54) is 0 Å². The first kappa shape index (κ1) is 20.6. The van der Waals surface area contributed by atoms with Crippen LogP contribution in [0.3, 0.4) is 0 Å². The summed E-state index contributed by atoms with van der Waals surface area (Å²) >= 11 is 12.2. The second-order valence-corrected chi connectivity index (χ2v) is 7.89. The summed E-state index contributed by atoms with van der Waals surface area (Å²) in [6, 6.07) is 7.72. The monoisotopic (exact) mass is 414 g/mol. The number of rotatable bonds is 6. The van der Waals surface area contributed by atoms with Crippen molar-refractivity contribution in [2.75, 3.05) is 39.1 Å². The van der Waals surface area contributed by atoms with E-state index in [1.54, 1.807) is 0 Å². The third kappa shape index (κ3) is 5.22. The van der Waals surface area contributed by atoms with Gasteiger partial charge in [-0.3, -0.25) is 4.98 Å². The predicted octanol–water partition coefficient (Wildman–Crippen LogP) is 5.13. The van der Waals surface area contributed by atoms with Gasteiger partial charge in [0.1, 0.15) is 5.82 Å². The van der Waals surface area contributed by atoms with Crippen molar-refractivity contribution >= 4 is 29.0 Å². The van der Waals surface area contributed by atoms with E-state index in [0.29, 0.717) is 10.1 Å². The topological polar surface area (TPSA) is 32.3 Å². The third-order valence-corrected chi connectivity index (χ3v) is 5.04. The Morgan fingerprint density at radius 1 is 1.00 bits per heavy atom. The first-order valence-electron chi connectivity index (χ1n) is 9.15. The Morgan fingerprint density at radius 2 is 1.75 bits per heavy atom. The minimum Gasteiger partial charge on any atom is -0.357 e. The molecule has 0 amide bonds. The maximum absolute atomic E-state index is 6.14. The highest BCUT2D eigenvalue weighted by Crippen LogP contribution is 2.31. The van der Waals surface area contributed by atoms with Gasteiger partial charge in [-0.2, -0.15) is 0 Å². The van der Waals surface area contributed by atoms with Crippen LogP contribution < -0.4 is 4.90 Å². The van der Waals surface area contributed by atoms with Crippen LogP contribution in [-0.2, 0) is 0 Å². The lowest BCUT2D eigenvalue weighted by Gasteiger charge is -2.22. The van der Waals surface area contributed by atoms with Crippen LogP contribution in [0.15, 0.2) is 65.9 Å². The molecule has 2 aromatic rings. The van der Waals surface area contributed by atoms with Crippen LogP contribution in [0.5, 0.6) is 0 Å². The van der Waals surface area contributed by atoms with Gasteiger partial charge in [-0.25, -0.2) is 4.98 Å². The van der Waals surface area contributed by atoms with Crippen molar-refractivity contribution < 1.29 is 0 Å². The SMILES string of the molecule is CN(C)CCN(C)c1cnc(C2C=CC=C(Cl)C=C2)c(-c2ccc(Cl)cc2)n1. The van der Waals surface area contributed by atoms with E-state index in [2.05, 4.69) is 30.0 Å². The molecule has 0 saturated carbocycles. The van der Waals surface area contributed by atoms with Crippen molar-refractivity contribution in [3.8, 4) is 11.3 Å². The second kappa shape index (κ2) is 9.37. The maximum atomic E-state index is 6.14. The molecule has 0 radical (unpaired) electrons. The molecule has 1 heterocycles. The van der Waals surface area contributed by atoms with Crippen LogP contribution in [0.2, 0.25) is 5.02 Å². The molecule has 1 atom stereocenters. The van der Waals surface area contributed by atoms with E-state index in [9.17, 15) is 0 Å². The summed E-state index contributed by atoms with van der Waals surface area (Å²) in [4.78, 5) is 14.0. The number of halogens is 2. The minimum atomic E-state index is -0.00758. The smallest absolute Gasteiger partial charge is 0.147 e. The summed E-state index contributed by atoms with van der Waals surface area (Å²) in [5, 5.41) is 1.39. The van der Waals surface area contributed by atoms with Crippen LogP contribution in [0.1, 0.15) is 11.6 Å².